The van der Waals surface area contributed by atoms with Crippen LogP contribution in [0.4, 0.5) is 10.5 Å². The first-order chi connectivity index (χ1) is 12.2. The van der Waals surface area contributed by atoms with Gasteiger partial charge in [-0.1, -0.05) is 24.6 Å². The van der Waals surface area contributed by atoms with E-state index in [1.54, 1.807) is 12.1 Å². The number of carbonyl (C=O) groups excluding carboxylic acids is 2. The largest absolute Gasteiger partial charge is 0.325 e. The van der Waals surface area contributed by atoms with Crippen LogP contribution in [-0.4, -0.2) is 60.5 Å². The van der Waals surface area contributed by atoms with Crippen molar-refractivity contribution in [3.8, 4) is 0 Å². The Morgan fingerprint density at radius 2 is 1.64 bits per heavy atom. The molecule has 2 N–H and O–H groups in total. The average Bonchev–Trinajstić information content (AvgIpc) is 2.63. The molecule has 1 aromatic carbocycles. The lowest BCUT2D eigenvalue weighted by Crippen LogP contribution is -2.49. The molecule has 1 aromatic rings. The summed E-state index contributed by atoms with van der Waals surface area (Å²) in [4.78, 5) is 28.7. The first-order valence-corrected chi connectivity index (χ1v) is 9.33. The molecule has 6 heteroatoms. The molecule has 0 bridgehead atoms. The summed E-state index contributed by atoms with van der Waals surface area (Å²) < 4.78 is 0. The summed E-state index contributed by atoms with van der Waals surface area (Å²) in [7, 11) is 0. The van der Waals surface area contributed by atoms with Gasteiger partial charge in [-0.15, -0.1) is 0 Å². The lowest BCUT2D eigenvalue weighted by molar-refractivity contribution is -0.121. The van der Waals surface area contributed by atoms with Gasteiger partial charge in [-0.05, 0) is 50.9 Å². The van der Waals surface area contributed by atoms with E-state index in [0.29, 0.717) is 11.7 Å². The van der Waals surface area contributed by atoms with Crippen LogP contribution in [0.2, 0.25) is 0 Å². The molecule has 2 aliphatic heterocycles. The highest BCUT2D eigenvalue weighted by Crippen LogP contribution is 2.20. The number of hydrogen-bond donors (Lipinski definition) is 2. The van der Waals surface area contributed by atoms with E-state index >= 15 is 0 Å². The minimum Gasteiger partial charge on any atom is -0.308 e. The number of imide groups is 1. The van der Waals surface area contributed by atoms with E-state index in [-0.39, 0.29) is 12.5 Å². The van der Waals surface area contributed by atoms with E-state index in [4.69, 9.17) is 0 Å². The van der Waals surface area contributed by atoms with Crippen LogP contribution in [0.25, 0.3) is 0 Å². The molecule has 0 saturated carbocycles. The second kappa shape index (κ2) is 8.97. The van der Waals surface area contributed by atoms with Gasteiger partial charge in [0, 0.05) is 24.8 Å². The van der Waals surface area contributed by atoms with Crippen LogP contribution < -0.4 is 10.6 Å². The van der Waals surface area contributed by atoms with E-state index in [2.05, 4.69) is 20.4 Å². The van der Waals surface area contributed by atoms with Gasteiger partial charge in [0.15, 0.2) is 0 Å². The SMILES string of the molecule is O=C(CN1CCC(N2CCCCC2)CC1)NC(=O)Nc1ccccc1. The van der Waals surface area contributed by atoms with Gasteiger partial charge in [0.25, 0.3) is 0 Å². The number of anilines is 1. The van der Waals surface area contributed by atoms with Crippen molar-refractivity contribution in [2.75, 3.05) is 38.0 Å². The Kier molecular flexibility index (Phi) is 6.42. The molecule has 25 heavy (non-hydrogen) atoms. The second-order valence-corrected chi connectivity index (χ2v) is 6.97. The molecule has 2 saturated heterocycles. The van der Waals surface area contributed by atoms with Crippen molar-refractivity contribution >= 4 is 17.6 Å². The van der Waals surface area contributed by atoms with Crippen LogP contribution in [0.1, 0.15) is 32.1 Å². The monoisotopic (exact) mass is 344 g/mol. The number of hydrogen-bond acceptors (Lipinski definition) is 4. The van der Waals surface area contributed by atoms with E-state index in [0.717, 1.165) is 25.9 Å². The summed E-state index contributed by atoms with van der Waals surface area (Å²) in [6.45, 7) is 4.59. The molecular weight excluding hydrogens is 316 g/mol. The summed E-state index contributed by atoms with van der Waals surface area (Å²) in [5.41, 5.74) is 0.676. The highest BCUT2D eigenvalue weighted by atomic mass is 16.2. The number of carbonyl (C=O) groups is 2. The summed E-state index contributed by atoms with van der Waals surface area (Å²) in [6.07, 6.45) is 6.23. The zero-order chi connectivity index (χ0) is 17.5. The lowest BCUT2D eigenvalue weighted by Gasteiger charge is -2.40. The maximum atomic E-state index is 12.1. The van der Waals surface area contributed by atoms with Gasteiger partial charge >= 0.3 is 6.03 Å². The van der Waals surface area contributed by atoms with Gasteiger partial charge in [0.2, 0.25) is 5.91 Å². The molecule has 136 valence electrons. The number of likely N-dealkylation sites (tertiary alicyclic amines) is 2. The Labute approximate surface area is 149 Å². The zero-order valence-corrected chi connectivity index (χ0v) is 14.7. The smallest absolute Gasteiger partial charge is 0.308 e. The van der Waals surface area contributed by atoms with Crippen LogP contribution in [0.5, 0.6) is 0 Å². The number of nitrogens with zero attached hydrogens (tertiary/aromatic N) is 2. The predicted octanol–water partition coefficient (Wildman–Crippen LogP) is 2.28. The third kappa shape index (κ3) is 5.54. The van der Waals surface area contributed by atoms with Gasteiger partial charge < -0.3 is 10.2 Å². The fourth-order valence-electron chi connectivity index (χ4n) is 3.78. The molecule has 0 unspecified atom stereocenters. The average molecular weight is 344 g/mol. The topological polar surface area (TPSA) is 64.7 Å². The summed E-state index contributed by atoms with van der Waals surface area (Å²) in [5.74, 6) is -0.246. The van der Waals surface area contributed by atoms with E-state index in [1.807, 2.05) is 18.2 Å². The summed E-state index contributed by atoms with van der Waals surface area (Å²) in [6, 6.07) is 9.32. The van der Waals surface area contributed by atoms with Crippen LogP contribution in [0.15, 0.2) is 30.3 Å². The van der Waals surface area contributed by atoms with Crippen LogP contribution in [0, 0.1) is 0 Å². The Morgan fingerprint density at radius 1 is 0.960 bits per heavy atom. The first kappa shape index (κ1) is 17.9. The number of nitrogens with one attached hydrogen (secondary N) is 2. The molecule has 6 nitrogen and oxygen atoms in total. The van der Waals surface area contributed by atoms with Gasteiger partial charge in [-0.2, -0.15) is 0 Å². The van der Waals surface area contributed by atoms with Gasteiger partial charge in [0.05, 0.1) is 6.54 Å². The van der Waals surface area contributed by atoms with Crippen molar-refractivity contribution in [1.82, 2.24) is 15.1 Å². The highest BCUT2D eigenvalue weighted by molar-refractivity contribution is 6.01. The van der Waals surface area contributed by atoms with Crippen molar-refractivity contribution in [3.63, 3.8) is 0 Å². The van der Waals surface area contributed by atoms with Crippen molar-refractivity contribution in [2.45, 2.75) is 38.1 Å². The Morgan fingerprint density at radius 3 is 2.32 bits per heavy atom. The van der Waals surface area contributed by atoms with E-state index < -0.39 is 6.03 Å². The molecule has 3 rings (SSSR count). The van der Waals surface area contributed by atoms with Crippen molar-refractivity contribution in [1.29, 1.82) is 0 Å². The first-order valence-electron chi connectivity index (χ1n) is 9.33. The Balaban J connectivity index is 1.36. The quantitative estimate of drug-likeness (QED) is 0.880. The van der Waals surface area contributed by atoms with Crippen LogP contribution in [-0.2, 0) is 4.79 Å². The third-order valence-electron chi connectivity index (χ3n) is 5.12. The zero-order valence-electron chi connectivity index (χ0n) is 14.7. The lowest BCUT2D eigenvalue weighted by atomic mass is 10.00. The maximum Gasteiger partial charge on any atom is 0.325 e. The predicted molar refractivity (Wildman–Crippen MR) is 98.5 cm³/mol. The molecule has 0 aliphatic carbocycles. The molecule has 0 spiro atoms. The second-order valence-electron chi connectivity index (χ2n) is 6.97. The Bertz CT molecular complexity index is 564. The number of piperidine rings is 2. The molecule has 0 radical (unpaired) electrons. The Hall–Kier alpha value is -1.92. The molecular formula is C19H28N4O2. The van der Waals surface area contributed by atoms with E-state index in [9.17, 15) is 9.59 Å². The standard InChI is InChI=1S/C19H28N4O2/c24-18(21-19(25)20-16-7-3-1-4-8-16)15-22-13-9-17(10-14-22)23-11-5-2-6-12-23/h1,3-4,7-8,17H,2,5-6,9-15H2,(H2,20,21,24,25). The maximum absolute atomic E-state index is 12.1. The van der Waals surface area contributed by atoms with Crippen molar-refractivity contribution in [3.05, 3.63) is 30.3 Å². The molecule has 0 atom stereocenters. The number of urea groups is 1. The highest BCUT2D eigenvalue weighted by Gasteiger charge is 2.26. The fraction of sp³-hybridized carbons (Fsp3) is 0.579. The molecule has 3 amide bonds. The van der Waals surface area contributed by atoms with Crippen LogP contribution >= 0.6 is 0 Å². The summed E-state index contributed by atoms with van der Waals surface area (Å²) >= 11 is 0. The molecule has 0 aromatic heterocycles. The fourth-order valence-corrected chi connectivity index (χ4v) is 3.78. The van der Waals surface area contributed by atoms with Gasteiger partial charge in [-0.25, -0.2) is 4.79 Å². The number of para-hydroxylation sites is 1. The van der Waals surface area contributed by atoms with Crippen molar-refractivity contribution in [2.24, 2.45) is 0 Å². The number of benzene rings is 1. The molecule has 2 heterocycles. The minimum atomic E-state index is -0.473. The number of rotatable bonds is 4. The normalized spacial score (nSPS) is 20.2. The minimum absolute atomic E-state index is 0.246. The molecule has 2 aliphatic rings. The number of amides is 3. The van der Waals surface area contributed by atoms with Gasteiger partial charge in [-0.3, -0.25) is 15.0 Å². The molecule has 2 fully saturated rings. The van der Waals surface area contributed by atoms with Crippen molar-refractivity contribution < 1.29 is 9.59 Å². The van der Waals surface area contributed by atoms with Gasteiger partial charge in [0.1, 0.15) is 0 Å². The van der Waals surface area contributed by atoms with E-state index in [1.165, 1.54) is 32.4 Å². The van der Waals surface area contributed by atoms with Crippen LogP contribution in [0.3, 0.4) is 0 Å². The summed E-state index contributed by atoms with van der Waals surface area (Å²) in [5, 5.41) is 5.07. The third-order valence-corrected chi connectivity index (χ3v) is 5.12.